The summed E-state index contributed by atoms with van der Waals surface area (Å²) in [5.41, 5.74) is 3.17. The molecule has 0 aliphatic carbocycles. The summed E-state index contributed by atoms with van der Waals surface area (Å²) in [6, 6.07) is 6.41. The average molecular weight is 393 g/mol. The van der Waals surface area contributed by atoms with Gasteiger partial charge in [-0.05, 0) is 53.6 Å². The van der Waals surface area contributed by atoms with Crippen LogP contribution in [0.5, 0.6) is 0 Å². The molecular weight excluding hydrogens is 368 g/mol. The molecule has 0 unspecified atom stereocenters. The fourth-order valence-electron chi connectivity index (χ4n) is 4.51. The van der Waals surface area contributed by atoms with Crippen molar-refractivity contribution in [2.45, 2.75) is 12.8 Å². The SMILES string of the molecule is C=C1CCc2cc(/C=C/C(=O)N3C[C@@H]4CN(c5cccs5)C[C@@H]4C3)cnc2N1. The number of likely N-dealkylation sites (tertiary alicyclic amines) is 1. The Balaban J connectivity index is 1.20. The van der Waals surface area contributed by atoms with Gasteiger partial charge in [-0.15, -0.1) is 11.3 Å². The molecule has 0 spiro atoms. The minimum atomic E-state index is 0.112. The molecule has 144 valence electrons. The highest BCUT2D eigenvalue weighted by Gasteiger charge is 2.41. The summed E-state index contributed by atoms with van der Waals surface area (Å²) in [6.45, 7) is 7.82. The zero-order chi connectivity index (χ0) is 19.1. The summed E-state index contributed by atoms with van der Waals surface area (Å²) >= 11 is 1.80. The number of amides is 1. The summed E-state index contributed by atoms with van der Waals surface area (Å²) in [6.07, 6.45) is 7.29. The summed E-state index contributed by atoms with van der Waals surface area (Å²) in [7, 11) is 0. The van der Waals surface area contributed by atoms with E-state index in [2.05, 4.69) is 45.4 Å². The standard InChI is InChI=1S/C22H24N4OS/c1-15-4-6-17-9-16(10-23-22(17)24-15)5-7-20(27)25-11-18-13-26(14-19(18)12-25)21-3-2-8-28-21/h2-3,5,7-10,18-19H,1,4,6,11-14H2,(H,23,24)/b7-5+/t18-,19+. The van der Waals surface area contributed by atoms with Gasteiger partial charge in [0.15, 0.2) is 0 Å². The Bertz CT molecular complexity index is 922. The minimum absolute atomic E-state index is 0.112. The van der Waals surface area contributed by atoms with Crippen molar-refractivity contribution in [1.29, 1.82) is 0 Å². The third kappa shape index (κ3) is 3.33. The maximum absolute atomic E-state index is 12.7. The smallest absolute Gasteiger partial charge is 0.246 e. The molecule has 1 amide bonds. The molecule has 1 N–H and O–H groups in total. The van der Waals surface area contributed by atoms with E-state index in [4.69, 9.17) is 0 Å². The highest BCUT2D eigenvalue weighted by atomic mass is 32.1. The number of allylic oxidation sites excluding steroid dienone is 1. The Morgan fingerprint density at radius 3 is 2.82 bits per heavy atom. The number of aryl methyl sites for hydroxylation is 1. The first-order valence-corrected chi connectivity index (χ1v) is 10.7. The van der Waals surface area contributed by atoms with Crippen molar-refractivity contribution >= 4 is 34.1 Å². The minimum Gasteiger partial charge on any atom is -0.363 e. The van der Waals surface area contributed by atoms with Crippen molar-refractivity contribution in [3.05, 3.63) is 59.3 Å². The van der Waals surface area contributed by atoms with Gasteiger partial charge in [-0.25, -0.2) is 4.98 Å². The highest BCUT2D eigenvalue weighted by Crippen LogP contribution is 2.35. The van der Waals surface area contributed by atoms with Gasteiger partial charge in [-0.3, -0.25) is 4.79 Å². The second-order valence-corrected chi connectivity index (χ2v) is 8.88. The Kier molecular flexibility index (Phi) is 4.43. The molecule has 2 fully saturated rings. The van der Waals surface area contributed by atoms with Gasteiger partial charge < -0.3 is 15.1 Å². The molecule has 6 heteroatoms. The monoisotopic (exact) mass is 392 g/mol. The van der Waals surface area contributed by atoms with E-state index in [0.717, 1.165) is 56.1 Å². The van der Waals surface area contributed by atoms with Crippen molar-refractivity contribution in [1.82, 2.24) is 9.88 Å². The van der Waals surface area contributed by atoms with Gasteiger partial charge in [0.05, 0.1) is 5.00 Å². The Hall–Kier alpha value is -2.60. The van der Waals surface area contributed by atoms with Crippen molar-refractivity contribution in [2.75, 3.05) is 36.4 Å². The molecule has 0 aromatic carbocycles. The van der Waals surface area contributed by atoms with Gasteiger partial charge in [0.2, 0.25) is 5.91 Å². The Morgan fingerprint density at radius 2 is 2.07 bits per heavy atom. The van der Waals surface area contributed by atoms with Crippen LogP contribution in [-0.4, -0.2) is 42.0 Å². The maximum Gasteiger partial charge on any atom is 0.246 e. The number of hydrogen-bond acceptors (Lipinski definition) is 5. The number of carbonyl (C=O) groups is 1. The predicted octanol–water partition coefficient (Wildman–Crippen LogP) is 3.62. The number of pyridine rings is 1. The van der Waals surface area contributed by atoms with Crippen LogP contribution in [-0.2, 0) is 11.2 Å². The van der Waals surface area contributed by atoms with Crippen LogP contribution < -0.4 is 10.2 Å². The van der Waals surface area contributed by atoms with Crippen LogP contribution in [0.15, 0.2) is 48.1 Å². The van der Waals surface area contributed by atoms with Crippen LogP contribution in [0.2, 0.25) is 0 Å². The summed E-state index contributed by atoms with van der Waals surface area (Å²) in [5, 5.41) is 6.71. The first-order valence-electron chi connectivity index (χ1n) is 9.85. The fourth-order valence-corrected chi connectivity index (χ4v) is 5.27. The van der Waals surface area contributed by atoms with Crippen LogP contribution in [0.4, 0.5) is 10.8 Å². The van der Waals surface area contributed by atoms with Gasteiger partial charge in [0.25, 0.3) is 0 Å². The molecule has 2 aromatic heterocycles. The van der Waals surface area contributed by atoms with Gasteiger partial charge >= 0.3 is 0 Å². The summed E-state index contributed by atoms with van der Waals surface area (Å²) in [4.78, 5) is 21.6. The van der Waals surface area contributed by atoms with E-state index in [1.807, 2.05) is 17.2 Å². The van der Waals surface area contributed by atoms with Crippen LogP contribution in [0, 0.1) is 11.8 Å². The van der Waals surface area contributed by atoms with Crippen molar-refractivity contribution in [3.8, 4) is 0 Å². The molecule has 28 heavy (non-hydrogen) atoms. The number of thiophene rings is 1. The lowest BCUT2D eigenvalue weighted by atomic mass is 10.0. The quantitative estimate of drug-likeness (QED) is 0.811. The van der Waals surface area contributed by atoms with E-state index >= 15 is 0 Å². The largest absolute Gasteiger partial charge is 0.363 e. The number of fused-ring (bicyclic) bond motifs is 2. The van der Waals surface area contributed by atoms with Gasteiger partial charge in [-0.2, -0.15) is 0 Å². The van der Waals surface area contributed by atoms with Crippen LogP contribution in [0.1, 0.15) is 17.5 Å². The molecule has 2 saturated heterocycles. The molecule has 0 radical (unpaired) electrons. The van der Waals surface area contributed by atoms with Crippen LogP contribution in [0.3, 0.4) is 0 Å². The Labute approximate surface area is 169 Å². The lowest BCUT2D eigenvalue weighted by Crippen LogP contribution is -2.31. The number of anilines is 2. The zero-order valence-electron chi connectivity index (χ0n) is 15.8. The summed E-state index contributed by atoms with van der Waals surface area (Å²) < 4.78 is 0. The summed E-state index contributed by atoms with van der Waals surface area (Å²) in [5.74, 6) is 2.18. The highest BCUT2D eigenvalue weighted by molar-refractivity contribution is 7.14. The third-order valence-electron chi connectivity index (χ3n) is 6.01. The number of nitrogens with one attached hydrogen (secondary N) is 1. The van der Waals surface area contributed by atoms with Gasteiger partial charge in [-0.1, -0.05) is 6.58 Å². The number of nitrogens with zero attached hydrogens (tertiary/aromatic N) is 3. The van der Waals surface area contributed by atoms with E-state index in [-0.39, 0.29) is 5.91 Å². The molecule has 3 aliphatic heterocycles. The van der Waals surface area contributed by atoms with Crippen molar-refractivity contribution in [2.24, 2.45) is 11.8 Å². The molecule has 5 rings (SSSR count). The molecule has 3 aliphatic rings. The number of hydrogen-bond donors (Lipinski definition) is 1. The topological polar surface area (TPSA) is 48.5 Å². The second-order valence-electron chi connectivity index (χ2n) is 7.96. The third-order valence-corrected chi connectivity index (χ3v) is 6.94. The van der Waals surface area contributed by atoms with E-state index < -0.39 is 0 Å². The lowest BCUT2D eigenvalue weighted by molar-refractivity contribution is -0.125. The van der Waals surface area contributed by atoms with Crippen molar-refractivity contribution < 1.29 is 4.79 Å². The number of carbonyl (C=O) groups excluding carboxylic acids is 1. The van der Waals surface area contributed by atoms with E-state index in [9.17, 15) is 4.79 Å². The number of aromatic nitrogens is 1. The maximum atomic E-state index is 12.7. The van der Waals surface area contributed by atoms with E-state index in [1.165, 1.54) is 10.6 Å². The predicted molar refractivity (Wildman–Crippen MR) is 114 cm³/mol. The van der Waals surface area contributed by atoms with Crippen LogP contribution in [0.25, 0.3) is 6.08 Å². The molecule has 2 atom stereocenters. The van der Waals surface area contributed by atoms with E-state index in [0.29, 0.717) is 11.8 Å². The first-order chi connectivity index (χ1) is 13.7. The lowest BCUT2D eigenvalue weighted by Gasteiger charge is -2.21. The molecular formula is C22H24N4OS. The average Bonchev–Trinajstić information content (AvgIpc) is 3.41. The molecule has 5 nitrogen and oxygen atoms in total. The van der Waals surface area contributed by atoms with Crippen LogP contribution >= 0.6 is 11.3 Å². The fraction of sp³-hybridized carbons (Fsp3) is 0.364. The van der Waals surface area contributed by atoms with Crippen molar-refractivity contribution in [3.63, 3.8) is 0 Å². The number of rotatable bonds is 3. The normalized spacial score (nSPS) is 23.8. The van der Waals surface area contributed by atoms with Gasteiger partial charge in [0, 0.05) is 56.0 Å². The first kappa shape index (κ1) is 17.5. The molecule has 5 heterocycles. The Morgan fingerprint density at radius 1 is 1.25 bits per heavy atom. The molecule has 0 bridgehead atoms. The van der Waals surface area contributed by atoms with E-state index in [1.54, 1.807) is 17.4 Å². The van der Waals surface area contributed by atoms with Gasteiger partial charge in [0.1, 0.15) is 5.82 Å². The second kappa shape index (κ2) is 7.09. The zero-order valence-corrected chi connectivity index (χ0v) is 16.6. The molecule has 2 aromatic rings. The molecule has 0 saturated carbocycles.